The standard InChI is InChI=1S/C36H48N10/c1-35(2,3)29(45-33-37-17-7-18-38-33)31-41-21-27(43-31)25-13-9-23(10-14-25)24-11-15-26(16-12-24)28-22-42-32(44-28)30(36(4,5)6)46-34-39-19-8-20-40-34/h9-16,21-22,29-30H,7-8,17-20H2,1-6H3,(H,41,43)(H,42,44)(H2,37,38,45)(H2,39,40,46)/t29-,30-/m1/s1. The van der Waals surface area contributed by atoms with Gasteiger partial charge in [0.05, 0.1) is 35.9 Å². The number of H-pyrrole nitrogens is 2. The number of imidazole rings is 2. The maximum atomic E-state index is 4.78. The molecule has 4 heterocycles. The lowest BCUT2D eigenvalue weighted by Gasteiger charge is -2.32. The van der Waals surface area contributed by atoms with Crippen LogP contribution in [0.15, 0.2) is 70.9 Å². The molecule has 0 saturated heterocycles. The number of aromatic amines is 2. The zero-order chi connectivity index (χ0) is 32.3. The molecule has 2 aromatic carbocycles. The molecular weight excluding hydrogens is 572 g/mol. The van der Waals surface area contributed by atoms with Gasteiger partial charge in [-0.2, -0.15) is 0 Å². The van der Waals surface area contributed by atoms with Gasteiger partial charge in [0.1, 0.15) is 11.6 Å². The van der Waals surface area contributed by atoms with Crippen molar-refractivity contribution in [2.45, 2.75) is 66.5 Å². The Morgan fingerprint density at radius 2 is 0.935 bits per heavy atom. The van der Waals surface area contributed by atoms with Gasteiger partial charge in [-0.3, -0.25) is 9.98 Å². The minimum absolute atomic E-state index is 0.00625. The number of benzene rings is 2. The fraction of sp³-hybridized carbons (Fsp3) is 0.444. The van der Waals surface area contributed by atoms with E-state index in [0.717, 1.165) is 96.2 Å². The molecule has 0 amide bonds. The van der Waals surface area contributed by atoms with Crippen molar-refractivity contribution in [2.75, 3.05) is 26.2 Å². The van der Waals surface area contributed by atoms with Crippen LogP contribution in [0.1, 0.15) is 78.1 Å². The van der Waals surface area contributed by atoms with Gasteiger partial charge in [0.25, 0.3) is 0 Å². The summed E-state index contributed by atoms with van der Waals surface area (Å²) in [5.41, 5.74) is 6.39. The number of rotatable bonds is 7. The van der Waals surface area contributed by atoms with E-state index in [1.54, 1.807) is 0 Å². The van der Waals surface area contributed by atoms with Gasteiger partial charge < -0.3 is 31.2 Å². The Labute approximate surface area is 272 Å². The van der Waals surface area contributed by atoms with Gasteiger partial charge in [0.2, 0.25) is 0 Å². The maximum Gasteiger partial charge on any atom is 0.191 e. The Balaban J connectivity index is 1.15. The van der Waals surface area contributed by atoms with Crippen LogP contribution in [-0.4, -0.2) is 58.0 Å². The first-order chi connectivity index (χ1) is 22.0. The first-order valence-electron chi connectivity index (χ1n) is 16.5. The third kappa shape index (κ3) is 7.27. The van der Waals surface area contributed by atoms with Gasteiger partial charge in [-0.1, -0.05) is 90.1 Å². The highest BCUT2D eigenvalue weighted by Crippen LogP contribution is 2.34. The number of nitrogens with one attached hydrogen (secondary N) is 6. The summed E-state index contributed by atoms with van der Waals surface area (Å²) >= 11 is 0. The largest absolute Gasteiger partial charge is 0.356 e. The highest BCUT2D eigenvalue weighted by molar-refractivity contribution is 5.81. The van der Waals surface area contributed by atoms with Crippen LogP contribution in [0.4, 0.5) is 0 Å². The first-order valence-corrected chi connectivity index (χ1v) is 16.5. The number of aliphatic imine (C=N–C) groups is 2. The van der Waals surface area contributed by atoms with Gasteiger partial charge in [0.15, 0.2) is 11.9 Å². The van der Waals surface area contributed by atoms with Crippen LogP contribution in [0.3, 0.4) is 0 Å². The molecule has 0 unspecified atom stereocenters. The summed E-state index contributed by atoms with van der Waals surface area (Å²) in [7, 11) is 0. The molecule has 10 nitrogen and oxygen atoms in total. The van der Waals surface area contributed by atoms with Crippen LogP contribution < -0.4 is 21.3 Å². The van der Waals surface area contributed by atoms with E-state index in [4.69, 9.17) is 9.97 Å². The number of hydrogen-bond acceptors (Lipinski definition) is 8. The molecular formula is C36H48N10. The molecule has 2 aromatic heterocycles. The van der Waals surface area contributed by atoms with E-state index in [2.05, 4.69) is 131 Å². The highest BCUT2D eigenvalue weighted by Gasteiger charge is 2.31. The minimum atomic E-state index is -0.0581. The third-order valence-corrected chi connectivity index (χ3v) is 8.55. The molecule has 46 heavy (non-hydrogen) atoms. The van der Waals surface area contributed by atoms with Crippen molar-refractivity contribution in [3.63, 3.8) is 0 Å². The molecule has 2 atom stereocenters. The van der Waals surface area contributed by atoms with Crippen molar-refractivity contribution in [1.82, 2.24) is 41.2 Å². The SMILES string of the molecule is CC(C)(C)[C@H](NC1=NCCCN1)c1ncc(-c2ccc(-c3ccc(-c4cnc([C@@H](NC5=NCCCN5)C(C)(C)C)[nH]4)cc3)cc2)[nH]1. The second kappa shape index (κ2) is 13.0. The summed E-state index contributed by atoms with van der Waals surface area (Å²) in [4.78, 5) is 25.9. The number of hydrogen-bond donors (Lipinski definition) is 6. The highest BCUT2D eigenvalue weighted by atomic mass is 15.2. The smallest absolute Gasteiger partial charge is 0.191 e. The van der Waals surface area contributed by atoms with Crippen molar-refractivity contribution in [3.8, 4) is 33.6 Å². The molecule has 4 aromatic rings. The van der Waals surface area contributed by atoms with Crippen LogP contribution in [0, 0.1) is 10.8 Å². The topological polar surface area (TPSA) is 130 Å². The Morgan fingerprint density at radius 1 is 0.565 bits per heavy atom. The van der Waals surface area contributed by atoms with E-state index in [9.17, 15) is 0 Å². The number of guanidine groups is 2. The van der Waals surface area contributed by atoms with E-state index >= 15 is 0 Å². The van der Waals surface area contributed by atoms with E-state index in [1.807, 2.05) is 12.4 Å². The predicted octanol–water partition coefficient (Wildman–Crippen LogP) is 6.19. The third-order valence-electron chi connectivity index (χ3n) is 8.55. The van der Waals surface area contributed by atoms with Crippen molar-refractivity contribution in [2.24, 2.45) is 20.8 Å². The van der Waals surface area contributed by atoms with Crippen molar-refractivity contribution < 1.29 is 0 Å². The molecule has 0 saturated carbocycles. The maximum absolute atomic E-state index is 4.78. The second-order valence-electron chi connectivity index (χ2n) is 14.4. The molecule has 2 aliphatic rings. The van der Waals surface area contributed by atoms with Crippen LogP contribution >= 0.6 is 0 Å². The lowest BCUT2D eigenvalue weighted by molar-refractivity contribution is 0.289. The average molecular weight is 621 g/mol. The van der Waals surface area contributed by atoms with Gasteiger partial charge in [0, 0.05) is 26.2 Å². The predicted molar refractivity (Wildman–Crippen MR) is 188 cm³/mol. The number of nitrogens with zero attached hydrogens (tertiary/aromatic N) is 4. The minimum Gasteiger partial charge on any atom is -0.356 e. The summed E-state index contributed by atoms with van der Waals surface area (Å²) < 4.78 is 0. The summed E-state index contributed by atoms with van der Waals surface area (Å²) in [6.07, 6.45) is 5.97. The Kier molecular flexibility index (Phi) is 8.88. The van der Waals surface area contributed by atoms with Crippen LogP contribution in [-0.2, 0) is 0 Å². The second-order valence-corrected chi connectivity index (χ2v) is 14.4. The van der Waals surface area contributed by atoms with E-state index in [0.29, 0.717) is 0 Å². The monoisotopic (exact) mass is 620 g/mol. The molecule has 0 radical (unpaired) electrons. The van der Waals surface area contributed by atoms with Gasteiger partial charge >= 0.3 is 0 Å². The lowest BCUT2D eigenvalue weighted by atomic mass is 9.86. The fourth-order valence-corrected chi connectivity index (χ4v) is 5.87. The summed E-state index contributed by atoms with van der Waals surface area (Å²) in [5.74, 6) is 3.51. The van der Waals surface area contributed by atoms with E-state index in [-0.39, 0.29) is 22.9 Å². The molecule has 0 spiro atoms. The molecule has 10 heteroatoms. The van der Waals surface area contributed by atoms with Gasteiger partial charge in [-0.15, -0.1) is 0 Å². The zero-order valence-electron chi connectivity index (χ0n) is 28.0. The average Bonchev–Trinajstić information content (AvgIpc) is 3.74. The van der Waals surface area contributed by atoms with Gasteiger partial charge in [-0.25, -0.2) is 9.97 Å². The van der Waals surface area contributed by atoms with Crippen LogP contribution in [0.2, 0.25) is 0 Å². The molecule has 0 fully saturated rings. The fourth-order valence-electron chi connectivity index (χ4n) is 5.87. The summed E-state index contributed by atoms with van der Waals surface area (Å²) in [5, 5.41) is 13.9. The van der Waals surface area contributed by atoms with E-state index < -0.39 is 0 Å². The molecule has 242 valence electrons. The normalized spacial score (nSPS) is 16.8. The van der Waals surface area contributed by atoms with Gasteiger partial charge in [-0.05, 0) is 45.9 Å². The summed E-state index contributed by atoms with van der Waals surface area (Å²) in [6, 6.07) is 17.3. The van der Waals surface area contributed by atoms with Crippen molar-refractivity contribution in [1.29, 1.82) is 0 Å². The molecule has 6 rings (SSSR count). The lowest BCUT2D eigenvalue weighted by Crippen LogP contribution is -2.46. The zero-order valence-corrected chi connectivity index (χ0v) is 28.0. The molecule has 0 aliphatic carbocycles. The molecule has 6 N–H and O–H groups in total. The first kappa shape index (κ1) is 31.4. The van der Waals surface area contributed by atoms with Crippen LogP contribution in [0.5, 0.6) is 0 Å². The Bertz CT molecular complexity index is 1540. The number of aromatic nitrogens is 4. The summed E-state index contributed by atoms with van der Waals surface area (Å²) in [6.45, 7) is 16.9. The van der Waals surface area contributed by atoms with E-state index in [1.165, 1.54) is 0 Å². The van der Waals surface area contributed by atoms with Crippen LogP contribution in [0.25, 0.3) is 33.6 Å². The Hall–Kier alpha value is -4.60. The molecule has 2 aliphatic heterocycles. The van der Waals surface area contributed by atoms with Crippen molar-refractivity contribution >= 4 is 11.9 Å². The Morgan fingerprint density at radius 3 is 1.26 bits per heavy atom. The van der Waals surface area contributed by atoms with Crippen molar-refractivity contribution in [3.05, 3.63) is 72.6 Å². The quantitative estimate of drug-likeness (QED) is 0.146. The molecule has 0 bridgehead atoms.